The number of carbonyl (C=O) groups is 2. The number of hydrogen-bond donors (Lipinski definition) is 1. The van der Waals surface area contributed by atoms with Crippen LogP contribution in [0.15, 0.2) is 48.5 Å². The first-order chi connectivity index (χ1) is 12.5. The largest absolute Gasteiger partial charge is 0.340 e. The highest BCUT2D eigenvalue weighted by Crippen LogP contribution is 2.20. The summed E-state index contributed by atoms with van der Waals surface area (Å²) in [4.78, 5) is 27.3. The number of carbonyl (C=O) groups excluding carboxylic acids is 2. The Bertz CT molecular complexity index is 802. The van der Waals surface area contributed by atoms with Crippen LogP contribution in [0.3, 0.4) is 0 Å². The Morgan fingerprint density at radius 2 is 1.69 bits per heavy atom. The van der Waals surface area contributed by atoms with Crippen molar-refractivity contribution in [3.63, 3.8) is 0 Å². The minimum atomic E-state index is -0.613. The molecule has 0 saturated heterocycles. The van der Waals surface area contributed by atoms with Gasteiger partial charge in [0, 0.05) is 18.7 Å². The van der Waals surface area contributed by atoms with Gasteiger partial charge in [0.2, 0.25) is 5.91 Å². The summed E-state index contributed by atoms with van der Waals surface area (Å²) >= 11 is 0. The summed E-state index contributed by atoms with van der Waals surface area (Å²) in [7, 11) is 0. The van der Waals surface area contributed by atoms with Gasteiger partial charge in [-0.1, -0.05) is 38.1 Å². The molecule has 0 aromatic heterocycles. The van der Waals surface area contributed by atoms with Crippen LogP contribution in [-0.4, -0.2) is 29.3 Å². The third-order valence-electron chi connectivity index (χ3n) is 4.77. The van der Waals surface area contributed by atoms with Crippen molar-refractivity contribution in [1.29, 1.82) is 0 Å². The molecule has 2 aromatic rings. The lowest BCUT2D eigenvalue weighted by Gasteiger charge is -2.33. The molecule has 1 N–H and O–H groups in total. The average Bonchev–Trinajstić information content (AvgIpc) is 2.65. The summed E-state index contributed by atoms with van der Waals surface area (Å²) in [5.74, 6) is -0.895. The molecule has 2 amide bonds. The van der Waals surface area contributed by atoms with Crippen LogP contribution in [-0.2, 0) is 17.8 Å². The first-order valence-electron chi connectivity index (χ1n) is 8.87. The van der Waals surface area contributed by atoms with Gasteiger partial charge in [-0.15, -0.1) is 0 Å². The number of nitrogens with zero attached hydrogens (tertiary/aromatic N) is 1. The molecule has 0 radical (unpaired) electrons. The van der Waals surface area contributed by atoms with Gasteiger partial charge in [0.1, 0.15) is 11.9 Å². The van der Waals surface area contributed by atoms with Gasteiger partial charge in [0.05, 0.1) is 0 Å². The maximum atomic E-state index is 13.0. The van der Waals surface area contributed by atoms with E-state index in [9.17, 15) is 14.0 Å². The summed E-state index contributed by atoms with van der Waals surface area (Å²) in [6.45, 7) is 5.02. The molecule has 1 aliphatic heterocycles. The van der Waals surface area contributed by atoms with Crippen molar-refractivity contribution in [3.8, 4) is 0 Å². The predicted octanol–water partition coefficient (Wildman–Crippen LogP) is 3.17. The van der Waals surface area contributed by atoms with E-state index >= 15 is 0 Å². The molecule has 5 heteroatoms. The van der Waals surface area contributed by atoms with Crippen molar-refractivity contribution >= 4 is 11.8 Å². The zero-order valence-corrected chi connectivity index (χ0v) is 15.0. The molecule has 1 heterocycles. The number of fused-ring (bicyclic) bond motifs is 1. The second kappa shape index (κ2) is 7.68. The van der Waals surface area contributed by atoms with Crippen LogP contribution in [0.1, 0.15) is 35.3 Å². The van der Waals surface area contributed by atoms with E-state index in [-0.39, 0.29) is 17.7 Å². The number of halogens is 1. The van der Waals surface area contributed by atoms with Crippen molar-refractivity contribution in [2.24, 2.45) is 5.92 Å². The van der Waals surface area contributed by atoms with Crippen LogP contribution in [0, 0.1) is 11.7 Å². The summed E-state index contributed by atoms with van der Waals surface area (Å²) in [5, 5.41) is 2.82. The molecule has 0 spiro atoms. The summed E-state index contributed by atoms with van der Waals surface area (Å²) < 4.78 is 13.0. The fraction of sp³-hybridized carbons (Fsp3) is 0.333. The second-order valence-corrected chi connectivity index (χ2v) is 6.98. The maximum Gasteiger partial charge on any atom is 0.251 e. The van der Waals surface area contributed by atoms with Crippen LogP contribution in [0.5, 0.6) is 0 Å². The predicted molar refractivity (Wildman–Crippen MR) is 98.1 cm³/mol. The third kappa shape index (κ3) is 3.93. The van der Waals surface area contributed by atoms with E-state index in [1.54, 1.807) is 4.90 Å². The van der Waals surface area contributed by atoms with Crippen molar-refractivity contribution < 1.29 is 14.0 Å². The SMILES string of the molecule is CC(C)[C@H](NC(=O)c1ccc(F)cc1)C(=O)N1CCc2ccccc2C1. The standard InChI is InChI=1S/C21H23FN2O2/c1-14(2)19(23-20(25)16-7-9-18(22)10-8-16)21(26)24-12-11-15-5-3-4-6-17(15)13-24/h3-10,14,19H,11-13H2,1-2H3,(H,23,25)/t19-/m0/s1. The van der Waals surface area contributed by atoms with Crippen LogP contribution < -0.4 is 5.32 Å². The zero-order valence-electron chi connectivity index (χ0n) is 15.0. The lowest BCUT2D eigenvalue weighted by molar-refractivity contribution is -0.135. The topological polar surface area (TPSA) is 49.4 Å². The minimum Gasteiger partial charge on any atom is -0.340 e. The Kier molecular flexibility index (Phi) is 5.35. The number of hydrogen-bond acceptors (Lipinski definition) is 2. The Morgan fingerprint density at radius 3 is 2.35 bits per heavy atom. The Labute approximate surface area is 153 Å². The first-order valence-corrected chi connectivity index (χ1v) is 8.87. The summed E-state index contributed by atoms with van der Waals surface area (Å²) in [6.07, 6.45) is 0.818. The van der Waals surface area contributed by atoms with Crippen LogP contribution in [0.25, 0.3) is 0 Å². The molecule has 4 nitrogen and oxygen atoms in total. The molecule has 0 bridgehead atoms. The fourth-order valence-corrected chi connectivity index (χ4v) is 3.22. The van der Waals surface area contributed by atoms with Crippen molar-refractivity contribution in [3.05, 3.63) is 71.0 Å². The van der Waals surface area contributed by atoms with E-state index in [0.29, 0.717) is 18.7 Å². The Balaban J connectivity index is 1.72. The number of nitrogens with one attached hydrogen (secondary N) is 1. The van der Waals surface area contributed by atoms with Gasteiger partial charge >= 0.3 is 0 Å². The third-order valence-corrected chi connectivity index (χ3v) is 4.77. The highest BCUT2D eigenvalue weighted by Gasteiger charge is 2.30. The Morgan fingerprint density at radius 1 is 1.04 bits per heavy atom. The molecule has 0 aliphatic carbocycles. The summed E-state index contributed by atoms with van der Waals surface area (Å²) in [5.41, 5.74) is 2.77. The highest BCUT2D eigenvalue weighted by molar-refractivity contribution is 5.97. The van der Waals surface area contributed by atoms with Crippen molar-refractivity contribution in [2.45, 2.75) is 32.9 Å². The van der Waals surface area contributed by atoms with Crippen molar-refractivity contribution in [2.75, 3.05) is 6.54 Å². The molecular formula is C21H23FN2O2. The summed E-state index contributed by atoms with van der Waals surface area (Å²) in [6, 6.07) is 12.8. The molecule has 136 valence electrons. The van der Waals surface area contributed by atoms with Gasteiger partial charge in [-0.3, -0.25) is 9.59 Å². The monoisotopic (exact) mass is 354 g/mol. The van der Waals surface area contributed by atoms with E-state index < -0.39 is 11.9 Å². The second-order valence-electron chi connectivity index (χ2n) is 6.98. The molecule has 0 fully saturated rings. The molecule has 2 aromatic carbocycles. The smallest absolute Gasteiger partial charge is 0.251 e. The van der Waals surface area contributed by atoms with E-state index in [1.165, 1.54) is 29.8 Å². The van der Waals surface area contributed by atoms with Gasteiger partial charge in [0.25, 0.3) is 5.91 Å². The minimum absolute atomic E-state index is 0.0518. The molecule has 26 heavy (non-hydrogen) atoms. The molecular weight excluding hydrogens is 331 g/mol. The number of rotatable bonds is 4. The van der Waals surface area contributed by atoms with Gasteiger partial charge < -0.3 is 10.2 Å². The number of amides is 2. The zero-order chi connectivity index (χ0) is 18.7. The van der Waals surface area contributed by atoms with Crippen LogP contribution in [0.2, 0.25) is 0 Å². The molecule has 1 atom stereocenters. The van der Waals surface area contributed by atoms with Crippen LogP contribution >= 0.6 is 0 Å². The normalized spacial score (nSPS) is 14.7. The molecule has 3 rings (SSSR count). The highest BCUT2D eigenvalue weighted by atomic mass is 19.1. The average molecular weight is 354 g/mol. The molecule has 0 saturated carbocycles. The van der Waals surface area contributed by atoms with Gasteiger partial charge in [-0.05, 0) is 47.7 Å². The number of benzene rings is 2. The van der Waals surface area contributed by atoms with E-state index in [4.69, 9.17) is 0 Å². The van der Waals surface area contributed by atoms with E-state index in [2.05, 4.69) is 11.4 Å². The van der Waals surface area contributed by atoms with E-state index in [0.717, 1.165) is 12.0 Å². The Hall–Kier alpha value is -2.69. The van der Waals surface area contributed by atoms with Gasteiger partial charge in [0.15, 0.2) is 0 Å². The molecule has 1 aliphatic rings. The maximum absolute atomic E-state index is 13.0. The lowest BCUT2D eigenvalue weighted by atomic mass is 9.97. The van der Waals surface area contributed by atoms with Crippen molar-refractivity contribution in [1.82, 2.24) is 10.2 Å². The molecule has 0 unspecified atom stereocenters. The van der Waals surface area contributed by atoms with Crippen LogP contribution in [0.4, 0.5) is 4.39 Å². The quantitative estimate of drug-likeness (QED) is 0.917. The first kappa shape index (κ1) is 18.1. The van der Waals surface area contributed by atoms with Gasteiger partial charge in [-0.2, -0.15) is 0 Å². The fourth-order valence-electron chi connectivity index (χ4n) is 3.22. The lowest BCUT2D eigenvalue weighted by Crippen LogP contribution is -2.52. The van der Waals surface area contributed by atoms with Gasteiger partial charge in [-0.25, -0.2) is 4.39 Å². The van der Waals surface area contributed by atoms with E-state index in [1.807, 2.05) is 32.0 Å².